The molecular weight excluding hydrogens is 262 g/mol. The Balaban J connectivity index is 2.80. The van der Waals surface area contributed by atoms with Gasteiger partial charge in [0.15, 0.2) is 0 Å². The second kappa shape index (κ2) is 6.87. The molecule has 8 heteroatoms. The molecule has 0 aliphatic carbocycles. The van der Waals surface area contributed by atoms with Crippen molar-refractivity contribution < 1.29 is 19.4 Å². The molecule has 1 heterocycles. The van der Waals surface area contributed by atoms with E-state index in [1.165, 1.54) is 19.5 Å². The fraction of sp³-hybridized carbons (Fsp3) is 0.400. The molecule has 0 aromatic carbocycles. The first-order valence-electron chi connectivity index (χ1n) is 5.02. The third kappa shape index (κ3) is 4.27. The second-order valence-electron chi connectivity index (χ2n) is 3.34. The van der Waals surface area contributed by atoms with Crippen molar-refractivity contribution in [3.05, 3.63) is 23.2 Å². The lowest BCUT2D eigenvalue weighted by Gasteiger charge is -2.19. The maximum absolute atomic E-state index is 12.0. The molecule has 0 saturated heterocycles. The predicted molar refractivity (Wildman–Crippen MR) is 62.5 cm³/mol. The largest absolute Gasteiger partial charge is 0.480 e. The van der Waals surface area contributed by atoms with Gasteiger partial charge in [-0.2, -0.15) is 0 Å². The van der Waals surface area contributed by atoms with Crippen molar-refractivity contribution in [2.75, 3.05) is 26.8 Å². The molecule has 0 aliphatic heterocycles. The lowest BCUT2D eigenvalue weighted by molar-refractivity contribution is -0.137. The Bertz CT molecular complexity index is 424. The highest BCUT2D eigenvalue weighted by atomic mass is 35.5. The first-order valence-corrected chi connectivity index (χ1v) is 5.40. The number of nitrogens with zero attached hydrogens (tertiary/aromatic N) is 3. The predicted octanol–water partition coefficient (Wildman–Crippen LogP) is 0.303. The van der Waals surface area contributed by atoms with Crippen molar-refractivity contribution in [1.82, 2.24) is 14.9 Å². The summed E-state index contributed by atoms with van der Waals surface area (Å²) in [6.07, 6.45) is 2.43. The molecule has 0 spiro atoms. The fourth-order valence-corrected chi connectivity index (χ4v) is 1.30. The molecule has 0 fully saturated rings. The van der Waals surface area contributed by atoms with Gasteiger partial charge in [0.2, 0.25) is 0 Å². The van der Waals surface area contributed by atoms with E-state index >= 15 is 0 Å². The normalized spacial score (nSPS) is 10.1. The molecular formula is C10H12ClN3O4. The van der Waals surface area contributed by atoms with Gasteiger partial charge in [0.25, 0.3) is 5.91 Å². The van der Waals surface area contributed by atoms with Gasteiger partial charge in [-0.1, -0.05) is 11.6 Å². The molecule has 0 saturated carbocycles. The minimum absolute atomic E-state index is 0.0387. The molecule has 18 heavy (non-hydrogen) atoms. The van der Waals surface area contributed by atoms with Crippen LogP contribution in [-0.2, 0) is 9.53 Å². The first-order chi connectivity index (χ1) is 8.54. The van der Waals surface area contributed by atoms with E-state index < -0.39 is 18.4 Å². The van der Waals surface area contributed by atoms with E-state index in [0.717, 1.165) is 4.90 Å². The highest BCUT2D eigenvalue weighted by Crippen LogP contribution is 2.04. The van der Waals surface area contributed by atoms with Gasteiger partial charge >= 0.3 is 5.97 Å². The van der Waals surface area contributed by atoms with Crippen LogP contribution >= 0.6 is 11.6 Å². The van der Waals surface area contributed by atoms with Gasteiger partial charge in [-0.25, -0.2) is 9.97 Å². The van der Waals surface area contributed by atoms with E-state index in [9.17, 15) is 9.59 Å². The van der Waals surface area contributed by atoms with Crippen LogP contribution in [-0.4, -0.2) is 58.7 Å². The number of aromatic nitrogens is 2. The molecule has 0 aliphatic rings. The number of aliphatic carboxylic acids is 1. The zero-order chi connectivity index (χ0) is 13.5. The van der Waals surface area contributed by atoms with E-state index in [-0.39, 0.29) is 24.0 Å². The highest BCUT2D eigenvalue weighted by molar-refractivity contribution is 6.29. The van der Waals surface area contributed by atoms with Gasteiger partial charge in [-0.05, 0) is 0 Å². The summed E-state index contributed by atoms with van der Waals surface area (Å²) in [7, 11) is 1.46. The number of carboxylic acids is 1. The topological polar surface area (TPSA) is 92.6 Å². The molecule has 1 aromatic heterocycles. The summed E-state index contributed by atoms with van der Waals surface area (Å²) < 4.78 is 4.82. The Labute approximate surface area is 108 Å². The van der Waals surface area contributed by atoms with Gasteiger partial charge in [0.1, 0.15) is 17.4 Å². The van der Waals surface area contributed by atoms with E-state index in [4.69, 9.17) is 21.4 Å². The summed E-state index contributed by atoms with van der Waals surface area (Å²) in [4.78, 5) is 31.3. The minimum atomic E-state index is -1.11. The van der Waals surface area contributed by atoms with Crippen molar-refractivity contribution in [2.24, 2.45) is 0 Å². The molecule has 98 valence electrons. The standard InChI is InChI=1S/C10H12ClN3O4/c1-18-3-2-14(6-9(15)16)10(17)7-4-13-8(11)5-12-7/h4-5H,2-3,6H2,1H3,(H,15,16). The number of rotatable bonds is 6. The molecule has 1 aromatic rings. The lowest BCUT2D eigenvalue weighted by atomic mass is 10.3. The van der Waals surface area contributed by atoms with Crippen molar-refractivity contribution in [2.45, 2.75) is 0 Å². The van der Waals surface area contributed by atoms with Gasteiger partial charge in [-0.3, -0.25) is 9.59 Å². The number of hydrogen-bond donors (Lipinski definition) is 1. The maximum atomic E-state index is 12.0. The smallest absolute Gasteiger partial charge is 0.323 e. The van der Waals surface area contributed by atoms with Crippen LogP contribution in [0.2, 0.25) is 5.15 Å². The lowest BCUT2D eigenvalue weighted by Crippen LogP contribution is -2.38. The number of ether oxygens (including phenoxy) is 1. The van der Waals surface area contributed by atoms with Gasteiger partial charge in [0, 0.05) is 13.7 Å². The molecule has 1 N–H and O–H groups in total. The number of halogens is 1. The fourth-order valence-electron chi connectivity index (χ4n) is 1.20. The Morgan fingerprint density at radius 3 is 2.67 bits per heavy atom. The van der Waals surface area contributed by atoms with Crippen molar-refractivity contribution in [3.63, 3.8) is 0 Å². The van der Waals surface area contributed by atoms with E-state index in [0.29, 0.717) is 0 Å². The van der Waals surface area contributed by atoms with Gasteiger partial charge in [0.05, 0.1) is 19.0 Å². The van der Waals surface area contributed by atoms with Crippen molar-refractivity contribution in [1.29, 1.82) is 0 Å². The van der Waals surface area contributed by atoms with E-state index in [1.54, 1.807) is 0 Å². The molecule has 0 radical (unpaired) electrons. The quantitative estimate of drug-likeness (QED) is 0.801. The number of carbonyl (C=O) groups is 2. The van der Waals surface area contributed by atoms with Crippen LogP contribution in [0.5, 0.6) is 0 Å². The summed E-state index contributed by atoms with van der Waals surface area (Å²) in [6.45, 7) is -0.0293. The second-order valence-corrected chi connectivity index (χ2v) is 3.72. The minimum Gasteiger partial charge on any atom is -0.480 e. The summed E-state index contributed by atoms with van der Waals surface area (Å²) in [6, 6.07) is 0. The number of carbonyl (C=O) groups excluding carboxylic acids is 1. The van der Waals surface area contributed by atoms with Crippen LogP contribution < -0.4 is 0 Å². The van der Waals surface area contributed by atoms with Gasteiger partial charge < -0.3 is 14.7 Å². The third-order valence-electron chi connectivity index (χ3n) is 2.02. The van der Waals surface area contributed by atoms with Crippen LogP contribution in [0.15, 0.2) is 12.4 Å². The number of carboxylic acid groups (broad SMARTS) is 1. The Morgan fingerprint density at radius 1 is 1.44 bits per heavy atom. The molecule has 0 atom stereocenters. The highest BCUT2D eigenvalue weighted by Gasteiger charge is 2.19. The molecule has 1 rings (SSSR count). The van der Waals surface area contributed by atoms with Crippen molar-refractivity contribution >= 4 is 23.5 Å². The Kier molecular flexibility index (Phi) is 5.47. The summed E-state index contributed by atoms with van der Waals surface area (Å²) >= 11 is 5.55. The monoisotopic (exact) mass is 273 g/mol. The summed E-state index contributed by atoms with van der Waals surface area (Å²) in [5, 5.41) is 8.89. The molecule has 7 nitrogen and oxygen atoms in total. The maximum Gasteiger partial charge on any atom is 0.323 e. The Morgan fingerprint density at radius 2 is 2.17 bits per heavy atom. The zero-order valence-corrected chi connectivity index (χ0v) is 10.4. The SMILES string of the molecule is COCCN(CC(=O)O)C(=O)c1cnc(Cl)cn1. The van der Waals surface area contributed by atoms with E-state index in [1.807, 2.05) is 0 Å². The number of methoxy groups -OCH3 is 1. The number of hydrogen-bond acceptors (Lipinski definition) is 5. The third-order valence-corrected chi connectivity index (χ3v) is 2.21. The van der Waals surface area contributed by atoms with Crippen LogP contribution in [0, 0.1) is 0 Å². The van der Waals surface area contributed by atoms with Crippen LogP contribution in [0.4, 0.5) is 0 Å². The van der Waals surface area contributed by atoms with E-state index in [2.05, 4.69) is 9.97 Å². The van der Waals surface area contributed by atoms with Crippen LogP contribution in [0.3, 0.4) is 0 Å². The average molecular weight is 274 g/mol. The van der Waals surface area contributed by atoms with Crippen molar-refractivity contribution in [3.8, 4) is 0 Å². The molecule has 1 amide bonds. The molecule has 0 bridgehead atoms. The van der Waals surface area contributed by atoms with Gasteiger partial charge in [-0.15, -0.1) is 0 Å². The zero-order valence-electron chi connectivity index (χ0n) is 9.67. The number of amides is 1. The molecule has 0 unspecified atom stereocenters. The van der Waals surface area contributed by atoms with Crippen LogP contribution in [0.1, 0.15) is 10.5 Å². The first kappa shape index (κ1) is 14.3. The summed E-state index contributed by atoms with van der Waals surface area (Å²) in [5.41, 5.74) is 0.0387. The summed E-state index contributed by atoms with van der Waals surface area (Å²) in [5.74, 6) is -1.64. The van der Waals surface area contributed by atoms with Crippen LogP contribution in [0.25, 0.3) is 0 Å². The average Bonchev–Trinajstić information content (AvgIpc) is 2.34. The Hall–Kier alpha value is -1.73.